The van der Waals surface area contributed by atoms with Gasteiger partial charge in [0, 0.05) is 17.8 Å². The standard InChI is InChI=1S/C12H19N3O2/c1-4-14-11(9(2)3)7-10-5-6-13-8-12(10)15(16)17/h5-6,8-9,11,14H,4,7H2,1-3H3. The summed E-state index contributed by atoms with van der Waals surface area (Å²) in [4.78, 5) is 14.3. The Balaban J connectivity index is 2.88. The van der Waals surface area contributed by atoms with Crippen molar-refractivity contribution in [1.82, 2.24) is 10.3 Å². The van der Waals surface area contributed by atoms with Crippen LogP contribution in [0, 0.1) is 16.0 Å². The van der Waals surface area contributed by atoms with Crippen LogP contribution >= 0.6 is 0 Å². The molecule has 0 aliphatic heterocycles. The molecule has 0 saturated heterocycles. The highest BCUT2D eigenvalue weighted by Crippen LogP contribution is 2.19. The Morgan fingerprint density at radius 3 is 2.76 bits per heavy atom. The number of nitrogens with one attached hydrogen (secondary N) is 1. The summed E-state index contributed by atoms with van der Waals surface area (Å²) in [7, 11) is 0. The van der Waals surface area contributed by atoms with Crippen LogP contribution in [0.15, 0.2) is 18.5 Å². The number of pyridine rings is 1. The molecule has 0 aliphatic rings. The molecule has 1 rings (SSSR count). The highest BCUT2D eigenvalue weighted by Gasteiger charge is 2.19. The van der Waals surface area contributed by atoms with Crippen molar-refractivity contribution in [2.75, 3.05) is 6.54 Å². The summed E-state index contributed by atoms with van der Waals surface area (Å²) in [6.07, 6.45) is 3.58. The zero-order valence-electron chi connectivity index (χ0n) is 10.5. The minimum absolute atomic E-state index is 0.107. The van der Waals surface area contributed by atoms with Crippen molar-refractivity contribution in [3.8, 4) is 0 Å². The fraction of sp³-hybridized carbons (Fsp3) is 0.583. The van der Waals surface area contributed by atoms with Gasteiger partial charge in [-0.3, -0.25) is 15.1 Å². The van der Waals surface area contributed by atoms with Crippen LogP contribution in [0.2, 0.25) is 0 Å². The second-order valence-electron chi connectivity index (χ2n) is 4.37. The number of hydrogen-bond acceptors (Lipinski definition) is 4. The maximum absolute atomic E-state index is 10.9. The molecule has 94 valence electrons. The van der Waals surface area contributed by atoms with Gasteiger partial charge in [0.25, 0.3) is 5.69 Å². The van der Waals surface area contributed by atoms with E-state index in [9.17, 15) is 10.1 Å². The third kappa shape index (κ3) is 3.78. The first-order chi connectivity index (χ1) is 8.06. The molecule has 1 heterocycles. The first-order valence-corrected chi connectivity index (χ1v) is 5.87. The van der Waals surface area contributed by atoms with Crippen LogP contribution in [0.25, 0.3) is 0 Å². The van der Waals surface area contributed by atoms with Gasteiger partial charge in [0.2, 0.25) is 0 Å². The quantitative estimate of drug-likeness (QED) is 0.608. The maximum atomic E-state index is 10.9. The minimum Gasteiger partial charge on any atom is -0.314 e. The van der Waals surface area contributed by atoms with Gasteiger partial charge >= 0.3 is 0 Å². The number of nitro groups is 1. The van der Waals surface area contributed by atoms with Crippen molar-refractivity contribution >= 4 is 5.69 Å². The molecule has 0 spiro atoms. The zero-order chi connectivity index (χ0) is 12.8. The molecular formula is C12H19N3O2. The van der Waals surface area contributed by atoms with Crippen LogP contribution in [0.5, 0.6) is 0 Å². The second-order valence-corrected chi connectivity index (χ2v) is 4.37. The molecule has 1 aromatic rings. The Morgan fingerprint density at radius 1 is 1.53 bits per heavy atom. The van der Waals surface area contributed by atoms with Crippen LogP contribution in [0.3, 0.4) is 0 Å². The van der Waals surface area contributed by atoms with Gasteiger partial charge in [0.1, 0.15) is 6.20 Å². The van der Waals surface area contributed by atoms with Crippen molar-refractivity contribution in [2.45, 2.75) is 33.2 Å². The lowest BCUT2D eigenvalue weighted by Crippen LogP contribution is -2.35. The maximum Gasteiger partial charge on any atom is 0.290 e. The predicted molar refractivity (Wildman–Crippen MR) is 66.9 cm³/mol. The van der Waals surface area contributed by atoms with E-state index in [0.717, 1.165) is 12.1 Å². The van der Waals surface area contributed by atoms with E-state index in [2.05, 4.69) is 24.1 Å². The van der Waals surface area contributed by atoms with Gasteiger partial charge in [-0.05, 0) is 24.9 Å². The summed E-state index contributed by atoms with van der Waals surface area (Å²) >= 11 is 0. The van der Waals surface area contributed by atoms with Gasteiger partial charge in [-0.15, -0.1) is 0 Å². The number of likely N-dealkylation sites (N-methyl/N-ethyl adjacent to an activating group) is 1. The number of aromatic nitrogens is 1. The molecule has 1 atom stereocenters. The van der Waals surface area contributed by atoms with E-state index in [4.69, 9.17) is 0 Å². The molecule has 0 fully saturated rings. The van der Waals surface area contributed by atoms with Gasteiger partial charge in [0.15, 0.2) is 0 Å². The Bertz CT molecular complexity index is 380. The average molecular weight is 237 g/mol. The van der Waals surface area contributed by atoms with Gasteiger partial charge in [-0.1, -0.05) is 20.8 Å². The first-order valence-electron chi connectivity index (χ1n) is 5.87. The Labute approximate surface area is 101 Å². The lowest BCUT2D eigenvalue weighted by Gasteiger charge is -2.21. The SMILES string of the molecule is CCNC(Cc1ccncc1[N+](=O)[O-])C(C)C. The summed E-state index contributed by atoms with van der Waals surface area (Å²) in [6.45, 7) is 7.12. The smallest absolute Gasteiger partial charge is 0.290 e. The molecule has 0 bridgehead atoms. The van der Waals surface area contributed by atoms with Gasteiger partial charge in [-0.25, -0.2) is 0 Å². The second kappa shape index (κ2) is 6.30. The summed E-state index contributed by atoms with van der Waals surface area (Å²) in [5, 5.41) is 14.2. The van der Waals surface area contributed by atoms with Gasteiger partial charge in [0.05, 0.1) is 4.92 Å². The molecule has 0 aromatic carbocycles. The van der Waals surface area contributed by atoms with Crippen molar-refractivity contribution in [2.24, 2.45) is 5.92 Å². The predicted octanol–water partition coefficient (Wildman–Crippen LogP) is 2.17. The molecular weight excluding hydrogens is 218 g/mol. The third-order valence-corrected chi connectivity index (χ3v) is 2.80. The Morgan fingerprint density at radius 2 is 2.24 bits per heavy atom. The minimum atomic E-state index is -0.369. The van der Waals surface area contributed by atoms with E-state index in [1.165, 1.54) is 6.20 Å². The Kier molecular flexibility index (Phi) is 5.03. The normalized spacial score (nSPS) is 12.7. The van der Waals surface area contributed by atoms with E-state index < -0.39 is 0 Å². The van der Waals surface area contributed by atoms with Crippen molar-refractivity contribution in [3.63, 3.8) is 0 Å². The monoisotopic (exact) mass is 237 g/mol. The highest BCUT2D eigenvalue weighted by molar-refractivity contribution is 5.37. The van der Waals surface area contributed by atoms with E-state index >= 15 is 0 Å². The summed E-state index contributed by atoms with van der Waals surface area (Å²) in [6, 6.07) is 1.98. The van der Waals surface area contributed by atoms with E-state index in [-0.39, 0.29) is 16.7 Å². The lowest BCUT2D eigenvalue weighted by molar-refractivity contribution is -0.385. The van der Waals surface area contributed by atoms with Crippen LogP contribution in [-0.2, 0) is 6.42 Å². The van der Waals surface area contributed by atoms with Crippen molar-refractivity contribution in [3.05, 3.63) is 34.1 Å². The lowest BCUT2D eigenvalue weighted by atomic mass is 9.96. The van der Waals surface area contributed by atoms with Gasteiger partial charge in [-0.2, -0.15) is 0 Å². The number of hydrogen-bond donors (Lipinski definition) is 1. The molecule has 5 heteroatoms. The molecule has 0 aliphatic carbocycles. The van der Waals surface area contributed by atoms with E-state index in [1.807, 2.05) is 6.92 Å². The molecule has 5 nitrogen and oxygen atoms in total. The molecule has 17 heavy (non-hydrogen) atoms. The highest BCUT2D eigenvalue weighted by atomic mass is 16.6. The summed E-state index contributed by atoms with van der Waals surface area (Å²) in [5.74, 6) is 0.433. The largest absolute Gasteiger partial charge is 0.314 e. The van der Waals surface area contributed by atoms with Crippen LogP contribution in [0.4, 0.5) is 5.69 Å². The number of rotatable bonds is 6. The topological polar surface area (TPSA) is 68.1 Å². The molecule has 0 radical (unpaired) electrons. The summed E-state index contributed by atoms with van der Waals surface area (Å²) < 4.78 is 0. The average Bonchev–Trinajstić information content (AvgIpc) is 2.28. The van der Waals surface area contributed by atoms with E-state index in [1.54, 1.807) is 12.3 Å². The van der Waals surface area contributed by atoms with Crippen molar-refractivity contribution < 1.29 is 4.92 Å². The fourth-order valence-electron chi connectivity index (χ4n) is 1.79. The third-order valence-electron chi connectivity index (χ3n) is 2.80. The Hall–Kier alpha value is -1.49. The van der Waals surface area contributed by atoms with Gasteiger partial charge < -0.3 is 5.32 Å². The number of nitrogens with zero attached hydrogens (tertiary/aromatic N) is 2. The molecule has 1 aromatic heterocycles. The van der Waals surface area contributed by atoms with Crippen molar-refractivity contribution in [1.29, 1.82) is 0 Å². The molecule has 1 N–H and O–H groups in total. The first kappa shape index (κ1) is 13.6. The summed E-state index contributed by atoms with van der Waals surface area (Å²) in [5.41, 5.74) is 0.848. The molecule has 0 amide bonds. The van der Waals surface area contributed by atoms with E-state index in [0.29, 0.717) is 12.3 Å². The molecule has 0 saturated carbocycles. The van der Waals surface area contributed by atoms with Crippen LogP contribution < -0.4 is 5.32 Å². The van der Waals surface area contributed by atoms with Crippen LogP contribution in [-0.4, -0.2) is 22.5 Å². The molecule has 1 unspecified atom stereocenters. The van der Waals surface area contributed by atoms with Crippen LogP contribution in [0.1, 0.15) is 26.3 Å². The fourth-order valence-corrected chi connectivity index (χ4v) is 1.79. The zero-order valence-corrected chi connectivity index (χ0v) is 10.5.